The average Bonchev–Trinajstić information content (AvgIpc) is 1.78. The molecule has 0 aromatic carbocycles. The summed E-state index contributed by atoms with van der Waals surface area (Å²) >= 11 is 0. The SMILES string of the molecule is CC1(C)CC[C](N)CC1. The Morgan fingerprint density at radius 1 is 1.22 bits per heavy atom. The van der Waals surface area contributed by atoms with Gasteiger partial charge >= 0.3 is 0 Å². The molecule has 1 radical (unpaired) electrons. The Morgan fingerprint density at radius 2 is 1.67 bits per heavy atom. The maximum absolute atomic E-state index is 5.67. The third-order valence-electron chi connectivity index (χ3n) is 2.25. The number of hydrogen-bond donors (Lipinski definition) is 1. The van der Waals surface area contributed by atoms with Crippen LogP contribution in [0.4, 0.5) is 0 Å². The second-order valence-corrected chi connectivity index (χ2v) is 3.82. The quantitative estimate of drug-likeness (QED) is 0.528. The lowest BCUT2D eigenvalue weighted by atomic mass is 9.76. The topological polar surface area (TPSA) is 26.0 Å². The second kappa shape index (κ2) is 2.30. The molecule has 0 heterocycles. The molecular formula is C8H16N. The summed E-state index contributed by atoms with van der Waals surface area (Å²) < 4.78 is 0. The first-order valence-electron chi connectivity index (χ1n) is 3.70. The zero-order chi connectivity index (χ0) is 6.91. The van der Waals surface area contributed by atoms with Gasteiger partial charge in [0.25, 0.3) is 0 Å². The van der Waals surface area contributed by atoms with Crippen molar-refractivity contribution in [3.63, 3.8) is 0 Å². The molecule has 0 aromatic heterocycles. The van der Waals surface area contributed by atoms with Crippen LogP contribution in [0.25, 0.3) is 0 Å². The van der Waals surface area contributed by atoms with Gasteiger partial charge in [0.05, 0.1) is 0 Å². The number of hydrogen-bond acceptors (Lipinski definition) is 1. The van der Waals surface area contributed by atoms with E-state index in [-0.39, 0.29) is 0 Å². The van der Waals surface area contributed by atoms with Gasteiger partial charge in [0.2, 0.25) is 0 Å². The summed E-state index contributed by atoms with van der Waals surface area (Å²) in [4.78, 5) is 0. The molecule has 1 saturated carbocycles. The zero-order valence-electron chi connectivity index (χ0n) is 6.41. The minimum absolute atomic E-state index is 0.558. The first kappa shape index (κ1) is 7.07. The highest BCUT2D eigenvalue weighted by atomic mass is 14.6. The molecule has 0 aromatic rings. The summed E-state index contributed by atoms with van der Waals surface area (Å²) in [5, 5.41) is 0. The fraction of sp³-hybridized carbons (Fsp3) is 0.875. The highest BCUT2D eigenvalue weighted by molar-refractivity contribution is 4.91. The van der Waals surface area contributed by atoms with E-state index in [2.05, 4.69) is 13.8 Å². The smallest absolute Gasteiger partial charge is 0.0337 e. The molecule has 1 heteroatoms. The van der Waals surface area contributed by atoms with E-state index in [0.717, 1.165) is 12.8 Å². The van der Waals surface area contributed by atoms with Gasteiger partial charge in [-0.15, -0.1) is 0 Å². The zero-order valence-corrected chi connectivity index (χ0v) is 6.41. The van der Waals surface area contributed by atoms with Gasteiger partial charge in [0.1, 0.15) is 0 Å². The van der Waals surface area contributed by atoms with Crippen LogP contribution in [0.2, 0.25) is 0 Å². The molecule has 53 valence electrons. The van der Waals surface area contributed by atoms with E-state index in [1.54, 1.807) is 0 Å². The predicted molar refractivity (Wildman–Crippen MR) is 39.7 cm³/mol. The van der Waals surface area contributed by atoms with Crippen molar-refractivity contribution in [2.45, 2.75) is 39.5 Å². The van der Waals surface area contributed by atoms with E-state index in [9.17, 15) is 0 Å². The standard InChI is InChI=1S/C8H16N/c1-8(2)5-3-7(9)4-6-8/h3-6,9H2,1-2H3. The molecule has 0 unspecified atom stereocenters. The van der Waals surface area contributed by atoms with Gasteiger partial charge in [-0.2, -0.15) is 0 Å². The third kappa shape index (κ3) is 1.98. The Kier molecular flexibility index (Phi) is 1.80. The van der Waals surface area contributed by atoms with Crippen molar-refractivity contribution >= 4 is 0 Å². The summed E-state index contributed by atoms with van der Waals surface area (Å²) in [6, 6.07) is 1.20. The fourth-order valence-electron chi connectivity index (χ4n) is 1.25. The van der Waals surface area contributed by atoms with Gasteiger partial charge in [-0.1, -0.05) is 13.8 Å². The van der Waals surface area contributed by atoms with Crippen LogP contribution in [-0.4, -0.2) is 0 Å². The van der Waals surface area contributed by atoms with Crippen LogP contribution in [0.1, 0.15) is 39.5 Å². The Balaban J connectivity index is 2.35. The van der Waals surface area contributed by atoms with Crippen molar-refractivity contribution < 1.29 is 0 Å². The molecule has 1 aliphatic carbocycles. The molecule has 0 saturated heterocycles. The lowest BCUT2D eigenvalue weighted by Gasteiger charge is -2.31. The summed E-state index contributed by atoms with van der Waals surface area (Å²) in [6.07, 6.45) is 4.84. The van der Waals surface area contributed by atoms with E-state index in [1.807, 2.05) is 0 Å². The maximum atomic E-state index is 5.67. The molecule has 0 aliphatic heterocycles. The van der Waals surface area contributed by atoms with Crippen molar-refractivity contribution in [2.24, 2.45) is 11.1 Å². The highest BCUT2D eigenvalue weighted by Crippen LogP contribution is 2.36. The molecule has 1 fully saturated rings. The Morgan fingerprint density at radius 3 is 2.00 bits per heavy atom. The van der Waals surface area contributed by atoms with E-state index < -0.39 is 0 Å². The van der Waals surface area contributed by atoms with Crippen molar-refractivity contribution in [3.05, 3.63) is 6.04 Å². The van der Waals surface area contributed by atoms with Crippen molar-refractivity contribution in [2.75, 3.05) is 0 Å². The fourth-order valence-corrected chi connectivity index (χ4v) is 1.25. The van der Waals surface area contributed by atoms with Gasteiger partial charge in [-0.3, -0.25) is 0 Å². The molecule has 2 N–H and O–H groups in total. The van der Waals surface area contributed by atoms with E-state index in [4.69, 9.17) is 5.73 Å². The molecule has 1 aliphatic rings. The van der Waals surface area contributed by atoms with Crippen LogP contribution in [0.5, 0.6) is 0 Å². The van der Waals surface area contributed by atoms with Gasteiger partial charge in [0.15, 0.2) is 0 Å². The molecule has 0 amide bonds. The maximum Gasteiger partial charge on any atom is 0.0337 e. The van der Waals surface area contributed by atoms with Gasteiger partial charge < -0.3 is 5.73 Å². The summed E-state index contributed by atoms with van der Waals surface area (Å²) in [6.45, 7) is 4.64. The molecule has 1 nitrogen and oxygen atoms in total. The molecule has 9 heavy (non-hydrogen) atoms. The third-order valence-corrected chi connectivity index (χ3v) is 2.25. The summed E-state index contributed by atoms with van der Waals surface area (Å²) in [7, 11) is 0. The van der Waals surface area contributed by atoms with Crippen molar-refractivity contribution in [1.29, 1.82) is 0 Å². The second-order valence-electron chi connectivity index (χ2n) is 3.82. The van der Waals surface area contributed by atoms with Gasteiger partial charge in [-0.05, 0) is 31.1 Å². The van der Waals surface area contributed by atoms with E-state index in [1.165, 1.54) is 18.9 Å². The van der Waals surface area contributed by atoms with E-state index >= 15 is 0 Å². The number of nitrogens with two attached hydrogens (primary N) is 1. The minimum atomic E-state index is 0.558. The largest absolute Gasteiger partial charge is 0.324 e. The van der Waals surface area contributed by atoms with Crippen LogP contribution < -0.4 is 5.73 Å². The van der Waals surface area contributed by atoms with Crippen molar-refractivity contribution in [1.82, 2.24) is 0 Å². The lowest BCUT2D eigenvalue weighted by Crippen LogP contribution is -2.24. The monoisotopic (exact) mass is 126 g/mol. The molecule has 0 bridgehead atoms. The van der Waals surface area contributed by atoms with Crippen LogP contribution in [0.3, 0.4) is 0 Å². The van der Waals surface area contributed by atoms with Gasteiger partial charge in [-0.25, -0.2) is 0 Å². The highest BCUT2D eigenvalue weighted by Gasteiger charge is 2.24. The van der Waals surface area contributed by atoms with Crippen LogP contribution in [0.15, 0.2) is 0 Å². The predicted octanol–water partition coefficient (Wildman–Crippen LogP) is 2.08. The van der Waals surface area contributed by atoms with Gasteiger partial charge in [0, 0.05) is 6.04 Å². The normalized spacial score (nSPS) is 28.3. The van der Waals surface area contributed by atoms with Crippen LogP contribution >= 0.6 is 0 Å². The Hall–Kier alpha value is -0.0400. The average molecular weight is 126 g/mol. The van der Waals surface area contributed by atoms with Crippen LogP contribution in [-0.2, 0) is 0 Å². The number of rotatable bonds is 0. The minimum Gasteiger partial charge on any atom is -0.324 e. The first-order chi connectivity index (χ1) is 4.10. The van der Waals surface area contributed by atoms with Crippen molar-refractivity contribution in [3.8, 4) is 0 Å². The lowest BCUT2D eigenvalue weighted by molar-refractivity contribution is 0.257. The summed E-state index contributed by atoms with van der Waals surface area (Å²) in [5.74, 6) is 0. The molecule has 1 rings (SSSR count). The Labute approximate surface area is 57.6 Å². The molecule has 0 atom stereocenters. The first-order valence-corrected chi connectivity index (χ1v) is 3.70. The summed E-state index contributed by atoms with van der Waals surface area (Å²) in [5.41, 5.74) is 6.23. The van der Waals surface area contributed by atoms with Crippen LogP contribution in [0, 0.1) is 11.5 Å². The molecular weight excluding hydrogens is 110 g/mol. The molecule has 0 spiro atoms. The Bertz CT molecular complexity index is 86.7. The van der Waals surface area contributed by atoms with E-state index in [0.29, 0.717) is 5.41 Å².